The zero-order chi connectivity index (χ0) is 14.4. The van der Waals surface area contributed by atoms with Gasteiger partial charge in [0.05, 0.1) is 20.5 Å². The second-order valence-corrected chi connectivity index (χ2v) is 5.77. The van der Waals surface area contributed by atoms with Gasteiger partial charge in [-0.3, -0.25) is 4.57 Å². The van der Waals surface area contributed by atoms with Crippen LogP contribution in [0.4, 0.5) is 8.78 Å². The Morgan fingerprint density at radius 3 is 2.65 bits per heavy atom. The number of aromatic amines is 1. The molecule has 1 N–H and O–H groups in total. The summed E-state index contributed by atoms with van der Waals surface area (Å²) in [6.07, 6.45) is 0. The van der Waals surface area contributed by atoms with Crippen molar-refractivity contribution in [3.63, 3.8) is 0 Å². The summed E-state index contributed by atoms with van der Waals surface area (Å²) in [5, 5.41) is 0.199. The number of nitrogens with zero attached hydrogens (tertiary/aromatic N) is 1. The molecular formula is C13H6BrClF2N2S. The van der Waals surface area contributed by atoms with Crippen LogP contribution in [-0.2, 0) is 0 Å². The van der Waals surface area contributed by atoms with Gasteiger partial charge in [-0.05, 0) is 46.3 Å². The summed E-state index contributed by atoms with van der Waals surface area (Å²) in [6.45, 7) is 0. The smallest absolute Gasteiger partial charge is 0.182 e. The lowest BCUT2D eigenvalue weighted by Gasteiger charge is -2.08. The number of imidazole rings is 1. The van der Waals surface area contributed by atoms with Crippen LogP contribution >= 0.6 is 39.7 Å². The average Bonchev–Trinajstić information content (AvgIpc) is 2.67. The molecule has 3 rings (SSSR count). The molecule has 0 amide bonds. The molecule has 0 bridgehead atoms. The number of fused-ring (bicyclic) bond motifs is 1. The molecule has 0 radical (unpaired) electrons. The summed E-state index contributed by atoms with van der Waals surface area (Å²) in [7, 11) is 0. The van der Waals surface area contributed by atoms with Gasteiger partial charge in [0.15, 0.2) is 4.77 Å². The SMILES string of the molecule is Fc1cc2c(cc1Br)[nH]c(=S)n2-c1c(F)cccc1Cl. The molecule has 0 spiro atoms. The lowest BCUT2D eigenvalue weighted by molar-refractivity contribution is 0.616. The minimum Gasteiger partial charge on any atom is -0.330 e. The Bertz CT molecular complexity index is 868. The van der Waals surface area contributed by atoms with Crippen molar-refractivity contribution < 1.29 is 8.78 Å². The van der Waals surface area contributed by atoms with E-state index in [0.717, 1.165) is 0 Å². The predicted octanol–water partition coefficient (Wildman–Crippen LogP) is 5.38. The van der Waals surface area contributed by atoms with Gasteiger partial charge in [-0.2, -0.15) is 0 Å². The Balaban J connectivity index is 2.46. The van der Waals surface area contributed by atoms with Crippen molar-refractivity contribution >= 4 is 50.8 Å². The van der Waals surface area contributed by atoms with Crippen molar-refractivity contribution in [2.75, 3.05) is 0 Å². The molecule has 102 valence electrons. The Morgan fingerprint density at radius 1 is 1.20 bits per heavy atom. The van der Waals surface area contributed by atoms with Gasteiger partial charge in [-0.15, -0.1) is 0 Å². The summed E-state index contributed by atoms with van der Waals surface area (Å²) in [5.41, 5.74) is 1.11. The fourth-order valence-electron chi connectivity index (χ4n) is 2.03. The molecule has 0 saturated carbocycles. The van der Waals surface area contributed by atoms with E-state index in [4.69, 9.17) is 23.8 Å². The zero-order valence-electron chi connectivity index (χ0n) is 9.75. The third kappa shape index (κ3) is 2.08. The van der Waals surface area contributed by atoms with Crippen LogP contribution in [0.1, 0.15) is 0 Å². The van der Waals surface area contributed by atoms with E-state index in [1.165, 1.54) is 22.8 Å². The fourth-order valence-corrected chi connectivity index (χ4v) is 2.92. The van der Waals surface area contributed by atoms with Crippen LogP contribution in [0.5, 0.6) is 0 Å². The van der Waals surface area contributed by atoms with Crippen LogP contribution in [0.15, 0.2) is 34.8 Å². The number of rotatable bonds is 1. The Kier molecular flexibility index (Phi) is 3.40. The molecule has 0 fully saturated rings. The first-order valence-corrected chi connectivity index (χ1v) is 7.11. The number of halogens is 4. The highest BCUT2D eigenvalue weighted by Gasteiger charge is 2.15. The third-order valence-corrected chi connectivity index (χ3v) is 4.08. The van der Waals surface area contributed by atoms with E-state index in [2.05, 4.69) is 20.9 Å². The van der Waals surface area contributed by atoms with Crippen LogP contribution in [0.25, 0.3) is 16.7 Å². The maximum Gasteiger partial charge on any atom is 0.182 e. The minimum absolute atomic E-state index is 0.104. The number of H-pyrrole nitrogens is 1. The van der Waals surface area contributed by atoms with Crippen LogP contribution in [0.3, 0.4) is 0 Å². The molecule has 0 unspecified atom stereocenters. The predicted molar refractivity (Wildman–Crippen MR) is 81.1 cm³/mol. The molecule has 0 atom stereocenters. The Labute approximate surface area is 131 Å². The van der Waals surface area contributed by atoms with Gasteiger partial charge in [-0.25, -0.2) is 8.78 Å². The highest BCUT2D eigenvalue weighted by atomic mass is 79.9. The van der Waals surface area contributed by atoms with Crippen molar-refractivity contribution in [3.05, 3.63) is 56.2 Å². The monoisotopic (exact) mass is 374 g/mol. The lowest BCUT2D eigenvalue weighted by atomic mass is 10.2. The van der Waals surface area contributed by atoms with Crippen LogP contribution in [-0.4, -0.2) is 9.55 Å². The molecule has 0 aliphatic rings. The molecule has 1 heterocycles. The van der Waals surface area contributed by atoms with E-state index in [9.17, 15) is 8.78 Å². The van der Waals surface area contributed by atoms with Crippen LogP contribution < -0.4 is 0 Å². The van der Waals surface area contributed by atoms with E-state index in [1.54, 1.807) is 12.1 Å². The van der Waals surface area contributed by atoms with E-state index < -0.39 is 11.6 Å². The molecule has 7 heteroatoms. The highest BCUT2D eigenvalue weighted by Crippen LogP contribution is 2.30. The minimum atomic E-state index is -0.530. The molecule has 0 saturated heterocycles. The van der Waals surface area contributed by atoms with Crippen molar-refractivity contribution in [1.29, 1.82) is 0 Å². The molecule has 20 heavy (non-hydrogen) atoms. The van der Waals surface area contributed by atoms with Crippen molar-refractivity contribution in [3.8, 4) is 5.69 Å². The first kappa shape index (κ1) is 13.7. The third-order valence-electron chi connectivity index (χ3n) is 2.89. The molecule has 0 aliphatic heterocycles. The van der Waals surface area contributed by atoms with Gasteiger partial charge >= 0.3 is 0 Å². The quantitative estimate of drug-likeness (QED) is 0.566. The van der Waals surface area contributed by atoms with Gasteiger partial charge in [-0.1, -0.05) is 17.7 Å². The molecular weight excluding hydrogens is 370 g/mol. The Morgan fingerprint density at radius 2 is 1.95 bits per heavy atom. The number of para-hydroxylation sites is 1. The molecule has 3 aromatic rings. The average molecular weight is 376 g/mol. The molecule has 2 aromatic carbocycles. The molecule has 2 nitrogen and oxygen atoms in total. The van der Waals surface area contributed by atoms with Crippen molar-refractivity contribution in [1.82, 2.24) is 9.55 Å². The first-order valence-electron chi connectivity index (χ1n) is 5.53. The van der Waals surface area contributed by atoms with E-state index in [1.807, 2.05) is 0 Å². The van der Waals surface area contributed by atoms with Gasteiger partial charge in [0.2, 0.25) is 0 Å². The lowest BCUT2D eigenvalue weighted by Crippen LogP contribution is -1.99. The second-order valence-electron chi connectivity index (χ2n) is 4.12. The number of aromatic nitrogens is 2. The normalized spacial score (nSPS) is 11.2. The zero-order valence-corrected chi connectivity index (χ0v) is 12.9. The van der Waals surface area contributed by atoms with Crippen LogP contribution in [0, 0.1) is 16.4 Å². The van der Waals surface area contributed by atoms with Crippen molar-refractivity contribution in [2.45, 2.75) is 0 Å². The standard InChI is InChI=1S/C13H6BrClF2N2S/c14-6-4-10-11(5-9(6)17)19(13(20)18-10)12-7(15)2-1-3-8(12)16/h1-5H,(H,18,20). The fraction of sp³-hybridized carbons (Fsp3) is 0. The number of nitrogens with one attached hydrogen (secondary N) is 1. The molecule has 1 aromatic heterocycles. The topological polar surface area (TPSA) is 20.7 Å². The largest absolute Gasteiger partial charge is 0.330 e. The first-order chi connectivity index (χ1) is 9.49. The van der Waals surface area contributed by atoms with Crippen molar-refractivity contribution in [2.24, 2.45) is 0 Å². The number of benzene rings is 2. The maximum atomic E-state index is 14.0. The van der Waals surface area contributed by atoms with Gasteiger partial charge in [0.1, 0.15) is 17.3 Å². The summed E-state index contributed by atoms with van der Waals surface area (Å²) in [6, 6.07) is 7.14. The van der Waals surface area contributed by atoms with Crippen LogP contribution in [0.2, 0.25) is 5.02 Å². The highest BCUT2D eigenvalue weighted by molar-refractivity contribution is 9.10. The summed E-state index contributed by atoms with van der Waals surface area (Å²) in [5.74, 6) is -0.995. The van der Waals surface area contributed by atoms with Gasteiger partial charge < -0.3 is 4.98 Å². The maximum absolute atomic E-state index is 14.0. The van der Waals surface area contributed by atoms with E-state index >= 15 is 0 Å². The number of hydrogen-bond acceptors (Lipinski definition) is 1. The summed E-state index contributed by atoms with van der Waals surface area (Å²) in [4.78, 5) is 2.90. The summed E-state index contributed by atoms with van der Waals surface area (Å²) >= 11 is 14.3. The summed E-state index contributed by atoms with van der Waals surface area (Å²) < 4.78 is 29.7. The van der Waals surface area contributed by atoms with E-state index in [-0.39, 0.29) is 15.5 Å². The van der Waals surface area contributed by atoms with Gasteiger partial charge in [0, 0.05) is 6.07 Å². The van der Waals surface area contributed by atoms with E-state index in [0.29, 0.717) is 15.5 Å². The Hall–Kier alpha value is -1.24. The van der Waals surface area contributed by atoms with Gasteiger partial charge in [0.25, 0.3) is 0 Å². The number of hydrogen-bond donors (Lipinski definition) is 1. The molecule has 0 aliphatic carbocycles. The second kappa shape index (κ2) is 4.95.